The van der Waals surface area contributed by atoms with Gasteiger partial charge < -0.3 is 9.64 Å². The van der Waals surface area contributed by atoms with E-state index in [4.69, 9.17) is 4.74 Å². The minimum atomic E-state index is 0.815. The first-order valence-corrected chi connectivity index (χ1v) is 7.80. The van der Waals surface area contributed by atoms with Gasteiger partial charge in [0.25, 0.3) is 0 Å². The average Bonchev–Trinajstić information content (AvgIpc) is 2.85. The number of aryl methyl sites for hydroxylation is 3. The molecule has 3 heterocycles. The largest absolute Gasteiger partial charge is 0.378 e. The molecule has 0 bridgehead atoms. The molecule has 2 aromatic rings. The van der Waals surface area contributed by atoms with Crippen molar-refractivity contribution in [1.82, 2.24) is 4.98 Å². The van der Waals surface area contributed by atoms with Crippen molar-refractivity contribution in [3.8, 4) is 0 Å². The topological polar surface area (TPSA) is 25.4 Å². The molecule has 3 nitrogen and oxygen atoms in total. The van der Waals surface area contributed by atoms with Gasteiger partial charge in [-0.15, -0.1) is 11.3 Å². The fraction of sp³-hybridized carbons (Fsp3) is 0.438. The third-order valence-electron chi connectivity index (χ3n) is 3.09. The number of nitrogens with zero attached hydrogens (tertiary/aromatic N) is 2. The Morgan fingerprint density at radius 3 is 2.30 bits per heavy atom. The van der Waals surface area contributed by atoms with Crippen LogP contribution < -0.4 is 4.90 Å². The van der Waals surface area contributed by atoms with E-state index < -0.39 is 0 Å². The summed E-state index contributed by atoms with van der Waals surface area (Å²) < 4.78 is 5.28. The molecule has 0 aromatic carbocycles. The van der Waals surface area contributed by atoms with Crippen LogP contribution in [-0.2, 0) is 4.74 Å². The fourth-order valence-electron chi connectivity index (χ4n) is 2.01. The van der Waals surface area contributed by atoms with E-state index in [-0.39, 0.29) is 0 Å². The molecule has 0 spiro atoms. The summed E-state index contributed by atoms with van der Waals surface area (Å²) in [6, 6.07) is 6.35. The molecule has 0 N–H and O–H groups in total. The van der Waals surface area contributed by atoms with Crippen molar-refractivity contribution < 1.29 is 4.74 Å². The lowest BCUT2D eigenvalue weighted by molar-refractivity contribution is 0.122. The quantitative estimate of drug-likeness (QED) is 0.802. The van der Waals surface area contributed by atoms with E-state index in [9.17, 15) is 0 Å². The van der Waals surface area contributed by atoms with Gasteiger partial charge in [0.2, 0.25) is 0 Å². The summed E-state index contributed by atoms with van der Waals surface area (Å²) in [4.78, 5) is 8.03. The number of morpholine rings is 1. The maximum absolute atomic E-state index is 5.28. The number of aromatic nitrogens is 1. The van der Waals surface area contributed by atoms with Crippen LogP contribution in [0, 0.1) is 20.8 Å². The van der Waals surface area contributed by atoms with Crippen molar-refractivity contribution in [2.45, 2.75) is 20.8 Å². The Morgan fingerprint density at radius 2 is 1.85 bits per heavy atom. The number of hydrogen-bond donors (Lipinski definition) is 0. The predicted molar refractivity (Wildman–Crippen MR) is 85.8 cm³/mol. The van der Waals surface area contributed by atoms with Gasteiger partial charge in [0.1, 0.15) is 5.82 Å². The fourth-order valence-corrected chi connectivity index (χ4v) is 2.71. The normalized spacial score (nSPS) is 14.7. The molecular weight excluding hydrogens is 268 g/mol. The van der Waals surface area contributed by atoms with Crippen LogP contribution in [0.3, 0.4) is 0 Å². The molecule has 0 atom stereocenters. The molecule has 1 aliphatic heterocycles. The first kappa shape index (κ1) is 15.0. The average molecular weight is 290 g/mol. The van der Waals surface area contributed by atoms with Gasteiger partial charge in [-0.2, -0.15) is 0 Å². The molecule has 1 aliphatic rings. The van der Waals surface area contributed by atoms with Gasteiger partial charge in [-0.1, -0.05) is 6.07 Å². The molecule has 2 aromatic heterocycles. The van der Waals surface area contributed by atoms with E-state index in [1.54, 1.807) is 11.3 Å². The van der Waals surface area contributed by atoms with Gasteiger partial charge in [0.15, 0.2) is 0 Å². The number of ether oxygens (including phenoxy) is 1. The first-order chi connectivity index (χ1) is 9.65. The molecule has 1 saturated heterocycles. The third-order valence-corrected chi connectivity index (χ3v) is 4.07. The van der Waals surface area contributed by atoms with Crippen molar-refractivity contribution in [3.05, 3.63) is 45.8 Å². The lowest BCUT2D eigenvalue weighted by Gasteiger charge is -2.27. The molecule has 0 aliphatic carbocycles. The number of thiophene rings is 1. The lowest BCUT2D eigenvalue weighted by Crippen LogP contribution is -2.36. The van der Waals surface area contributed by atoms with Crippen LogP contribution in [0.4, 0.5) is 5.82 Å². The van der Waals surface area contributed by atoms with Gasteiger partial charge in [-0.05, 0) is 49.4 Å². The first-order valence-electron chi connectivity index (χ1n) is 6.92. The molecule has 108 valence electrons. The van der Waals surface area contributed by atoms with Crippen LogP contribution in [0.2, 0.25) is 0 Å². The molecule has 1 fully saturated rings. The summed E-state index contributed by atoms with van der Waals surface area (Å²) in [7, 11) is 0. The molecule has 0 unspecified atom stereocenters. The SMILES string of the molecule is Cc1ccc(N2CCOCC2)nc1.Cc1csc(C)c1. The summed E-state index contributed by atoms with van der Waals surface area (Å²) in [5.41, 5.74) is 2.58. The molecule has 20 heavy (non-hydrogen) atoms. The molecule has 0 amide bonds. The Hall–Kier alpha value is -1.39. The Kier molecular flexibility index (Phi) is 5.56. The van der Waals surface area contributed by atoms with E-state index in [0.717, 1.165) is 32.1 Å². The second kappa shape index (κ2) is 7.41. The van der Waals surface area contributed by atoms with Crippen LogP contribution in [0.1, 0.15) is 16.0 Å². The van der Waals surface area contributed by atoms with Gasteiger partial charge in [-0.25, -0.2) is 4.98 Å². The zero-order valence-corrected chi connectivity index (χ0v) is 13.2. The minimum absolute atomic E-state index is 0.815. The number of rotatable bonds is 1. The maximum atomic E-state index is 5.28. The van der Waals surface area contributed by atoms with E-state index >= 15 is 0 Å². The highest BCUT2D eigenvalue weighted by molar-refractivity contribution is 7.10. The predicted octanol–water partition coefficient (Wildman–Crippen LogP) is 3.59. The number of anilines is 1. The molecule has 3 rings (SSSR count). The van der Waals surface area contributed by atoms with E-state index in [2.05, 4.69) is 54.2 Å². The number of pyridine rings is 1. The lowest BCUT2D eigenvalue weighted by atomic mass is 10.3. The Balaban J connectivity index is 0.000000178. The van der Waals surface area contributed by atoms with Crippen molar-refractivity contribution in [2.24, 2.45) is 0 Å². The molecule has 4 heteroatoms. The summed E-state index contributed by atoms with van der Waals surface area (Å²) >= 11 is 1.80. The van der Waals surface area contributed by atoms with Crippen LogP contribution in [0.5, 0.6) is 0 Å². The van der Waals surface area contributed by atoms with Gasteiger partial charge in [0, 0.05) is 24.2 Å². The molecular formula is C16H22N2OS. The Labute approximate surface area is 125 Å². The Morgan fingerprint density at radius 1 is 1.10 bits per heavy atom. The van der Waals surface area contributed by atoms with E-state index in [0.29, 0.717) is 0 Å². The van der Waals surface area contributed by atoms with Crippen molar-refractivity contribution in [3.63, 3.8) is 0 Å². The van der Waals surface area contributed by atoms with Crippen molar-refractivity contribution in [1.29, 1.82) is 0 Å². The van der Waals surface area contributed by atoms with Gasteiger partial charge in [-0.3, -0.25) is 0 Å². The summed E-state index contributed by atoms with van der Waals surface area (Å²) in [5.74, 6) is 1.06. The third kappa shape index (κ3) is 4.62. The number of hydrogen-bond acceptors (Lipinski definition) is 4. The standard InChI is InChI=1S/C10H14N2O.C6H8S/c1-9-2-3-10(11-8-9)12-4-6-13-7-5-12;1-5-3-6(2)7-4-5/h2-3,8H,4-7H2,1H3;3-4H,1-2H3. The Bertz CT molecular complexity index is 499. The zero-order chi connectivity index (χ0) is 14.4. The van der Waals surface area contributed by atoms with E-state index in [1.807, 2.05) is 6.20 Å². The van der Waals surface area contributed by atoms with Crippen molar-refractivity contribution >= 4 is 17.2 Å². The van der Waals surface area contributed by atoms with Crippen molar-refractivity contribution in [2.75, 3.05) is 31.2 Å². The summed E-state index contributed by atoms with van der Waals surface area (Å²) in [6.45, 7) is 9.83. The maximum Gasteiger partial charge on any atom is 0.128 e. The monoisotopic (exact) mass is 290 g/mol. The highest BCUT2D eigenvalue weighted by atomic mass is 32.1. The van der Waals surface area contributed by atoms with Crippen LogP contribution in [-0.4, -0.2) is 31.3 Å². The summed E-state index contributed by atoms with van der Waals surface area (Å²) in [5, 5.41) is 2.16. The molecule has 0 radical (unpaired) electrons. The van der Waals surface area contributed by atoms with Crippen LogP contribution in [0.25, 0.3) is 0 Å². The summed E-state index contributed by atoms with van der Waals surface area (Å²) in [6.07, 6.45) is 1.91. The van der Waals surface area contributed by atoms with Crippen LogP contribution in [0.15, 0.2) is 29.8 Å². The minimum Gasteiger partial charge on any atom is -0.378 e. The second-order valence-electron chi connectivity index (χ2n) is 5.03. The van der Waals surface area contributed by atoms with E-state index in [1.165, 1.54) is 16.0 Å². The molecule has 0 saturated carbocycles. The highest BCUT2D eigenvalue weighted by Gasteiger charge is 2.11. The van der Waals surface area contributed by atoms with Gasteiger partial charge in [0.05, 0.1) is 13.2 Å². The van der Waals surface area contributed by atoms with Gasteiger partial charge >= 0.3 is 0 Å². The second-order valence-corrected chi connectivity index (χ2v) is 6.14. The van der Waals surface area contributed by atoms with Crippen LogP contribution >= 0.6 is 11.3 Å². The highest BCUT2D eigenvalue weighted by Crippen LogP contribution is 2.12. The zero-order valence-electron chi connectivity index (χ0n) is 12.4. The smallest absolute Gasteiger partial charge is 0.128 e.